The van der Waals surface area contributed by atoms with Crippen LogP contribution in [0.5, 0.6) is 0 Å². The van der Waals surface area contributed by atoms with Crippen molar-refractivity contribution in [2.24, 2.45) is 5.92 Å². The lowest BCUT2D eigenvalue weighted by molar-refractivity contribution is -0.140. The van der Waals surface area contributed by atoms with Gasteiger partial charge in [-0.2, -0.15) is 13.2 Å². The van der Waals surface area contributed by atoms with E-state index in [1.807, 2.05) is 0 Å². The molecule has 1 atom stereocenters. The number of halogens is 4. The quantitative estimate of drug-likeness (QED) is 0.820. The molecule has 0 radical (unpaired) electrons. The maximum absolute atomic E-state index is 13.2. The molecule has 1 nitrogen and oxygen atoms in total. The Hall–Kier alpha value is -1.10. The largest absolute Gasteiger partial charge is 0.419 e. The minimum atomic E-state index is -4.74. The molecule has 1 aliphatic carbocycles. The number of alkyl halides is 3. The van der Waals surface area contributed by atoms with Gasteiger partial charge in [-0.25, -0.2) is 4.39 Å². The molecular weight excluding hydrogens is 248 g/mol. The normalized spacial score (nSPS) is 19.7. The number of hydrogen-bond donors (Lipinski definition) is 1. The second-order valence-corrected chi connectivity index (χ2v) is 4.74. The molecule has 0 aromatic heterocycles. The Labute approximate surface area is 102 Å². The minimum Gasteiger partial charge on any atom is -0.385 e. The molecule has 18 heavy (non-hydrogen) atoms. The predicted octanol–water partition coefficient (Wildman–Crippen LogP) is 3.85. The molecular formula is C13H14F4O. The molecule has 1 aromatic carbocycles. The fourth-order valence-electron chi connectivity index (χ4n) is 2.30. The second-order valence-electron chi connectivity index (χ2n) is 4.74. The maximum atomic E-state index is 13.2. The van der Waals surface area contributed by atoms with Gasteiger partial charge < -0.3 is 5.11 Å². The zero-order chi connectivity index (χ0) is 13.6. The molecule has 0 spiro atoms. The SMILES string of the molecule is CCC(O)(c1ccc(F)c(C(F)(F)F)c1)C1CC1. The second kappa shape index (κ2) is 4.23. The standard InChI is InChI=1S/C13H14F4O/c1-2-12(18,8-3-4-8)9-5-6-11(14)10(7-9)13(15,16)17/h5-8,18H,2-4H2,1H3. The van der Waals surface area contributed by atoms with Gasteiger partial charge in [0.15, 0.2) is 0 Å². The van der Waals surface area contributed by atoms with Crippen molar-refractivity contribution >= 4 is 0 Å². The molecule has 1 saturated carbocycles. The van der Waals surface area contributed by atoms with Crippen molar-refractivity contribution in [3.63, 3.8) is 0 Å². The zero-order valence-corrected chi connectivity index (χ0v) is 9.89. The zero-order valence-electron chi connectivity index (χ0n) is 9.89. The highest BCUT2D eigenvalue weighted by Gasteiger charge is 2.45. The van der Waals surface area contributed by atoms with Crippen LogP contribution in [0, 0.1) is 11.7 Å². The Morgan fingerprint density at radius 2 is 1.89 bits per heavy atom. The van der Waals surface area contributed by atoms with Crippen LogP contribution in [0.2, 0.25) is 0 Å². The summed E-state index contributed by atoms with van der Waals surface area (Å²) in [7, 11) is 0. The van der Waals surface area contributed by atoms with E-state index in [0.717, 1.165) is 25.0 Å². The van der Waals surface area contributed by atoms with Crippen molar-refractivity contribution in [1.82, 2.24) is 0 Å². The summed E-state index contributed by atoms with van der Waals surface area (Å²) in [5.41, 5.74) is -2.43. The van der Waals surface area contributed by atoms with Gasteiger partial charge >= 0.3 is 6.18 Å². The first-order valence-corrected chi connectivity index (χ1v) is 5.88. The van der Waals surface area contributed by atoms with Gasteiger partial charge in [0, 0.05) is 0 Å². The summed E-state index contributed by atoms with van der Waals surface area (Å²) in [4.78, 5) is 0. The van der Waals surface area contributed by atoms with Crippen LogP contribution >= 0.6 is 0 Å². The van der Waals surface area contributed by atoms with E-state index in [9.17, 15) is 22.7 Å². The first-order valence-electron chi connectivity index (χ1n) is 5.88. The van der Waals surface area contributed by atoms with Crippen LogP contribution in [0.25, 0.3) is 0 Å². The van der Waals surface area contributed by atoms with Crippen molar-refractivity contribution in [3.8, 4) is 0 Å². The topological polar surface area (TPSA) is 20.2 Å². The highest BCUT2D eigenvalue weighted by atomic mass is 19.4. The molecule has 0 heterocycles. The van der Waals surface area contributed by atoms with Crippen LogP contribution in [0.15, 0.2) is 18.2 Å². The third-order valence-corrected chi connectivity index (χ3v) is 3.56. The van der Waals surface area contributed by atoms with E-state index >= 15 is 0 Å². The summed E-state index contributed by atoms with van der Waals surface area (Å²) >= 11 is 0. The smallest absolute Gasteiger partial charge is 0.385 e. The molecule has 1 aromatic rings. The van der Waals surface area contributed by atoms with E-state index < -0.39 is 23.2 Å². The Kier molecular flexibility index (Phi) is 3.13. The Morgan fingerprint density at radius 3 is 2.33 bits per heavy atom. The van der Waals surface area contributed by atoms with Crippen LogP contribution in [0.4, 0.5) is 17.6 Å². The van der Waals surface area contributed by atoms with Gasteiger partial charge in [-0.3, -0.25) is 0 Å². The van der Waals surface area contributed by atoms with Crippen LogP contribution in [0.1, 0.15) is 37.3 Å². The number of rotatable bonds is 3. The van der Waals surface area contributed by atoms with Gasteiger partial charge in [-0.1, -0.05) is 13.0 Å². The summed E-state index contributed by atoms with van der Waals surface area (Å²) in [5.74, 6) is -1.32. The lowest BCUT2D eigenvalue weighted by Gasteiger charge is -2.28. The Bertz CT molecular complexity index is 451. The van der Waals surface area contributed by atoms with Crippen LogP contribution < -0.4 is 0 Å². The van der Waals surface area contributed by atoms with Crippen LogP contribution in [-0.4, -0.2) is 5.11 Å². The monoisotopic (exact) mass is 262 g/mol. The van der Waals surface area contributed by atoms with Gasteiger partial charge in [0.05, 0.1) is 11.2 Å². The van der Waals surface area contributed by atoms with Gasteiger partial charge in [0.1, 0.15) is 5.82 Å². The molecule has 1 N–H and O–H groups in total. The molecule has 100 valence electrons. The van der Waals surface area contributed by atoms with E-state index in [0.29, 0.717) is 6.42 Å². The number of aliphatic hydroxyl groups is 1. The summed E-state index contributed by atoms with van der Waals surface area (Å²) in [6, 6.07) is 2.75. The van der Waals surface area contributed by atoms with Crippen LogP contribution in [-0.2, 0) is 11.8 Å². The predicted molar refractivity (Wildman–Crippen MR) is 58.3 cm³/mol. The summed E-state index contributed by atoms with van der Waals surface area (Å²) in [5, 5.41) is 10.4. The lowest BCUT2D eigenvalue weighted by Crippen LogP contribution is -2.28. The summed E-state index contributed by atoms with van der Waals surface area (Å²) in [6.45, 7) is 1.72. The minimum absolute atomic E-state index is 0.0194. The molecule has 1 fully saturated rings. The summed E-state index contributed by atoms with van der Waals surface area (Å²) < 4.78 is 51.0. The average Bonchev–Trinajstić information content (AvgIpc) is 3.11. The van der Waals surface area contributed by atoms with E-state index in [1.54, 1.807) is 6.92 Å². The Morgan fingerprint density at radius 1 is 1.28 bits per heavy atom. The third-order valence-electron chi connectivity index (χ3n) is 3.56. The van der Waals surface area contributed by atoms with Crippen molar-refractivity contribution in [3.05, 3.63) is 35.1 Å². The fourth-order valence-corrected chi connectivity index (χ4v) is 2.30. The molecule has 1 unspecified atom stereocenters. The molecule has 0 saturated heterocycles. The van der Waals surface area contributed by atoms with Crippen molar-refractivity contribution in [2.75, 3.05) is 0 Å². The van der Waals surface area contributed by atoms with Gasteiger partial charge in [-0.15, -0.1) is 0 Å². The highest BCUT2D eigenvalue weighted by molar-refractivity contribution is 5.32. The molecule has 5 heteroatoms. The lowest BCUT2D eigenvalue weighted by atomic mass is 9.85. The number of benzene rings is 1. The molecule has 0 amide bonds. The van der Waals surface area contributed by atoms with Crippen molar-refractivity contribution < 1.29 is 22.7 Å². The highest BCUT2D eigenvalue weighted by Crippen LogP contribution is 2.48. The first kappa shape index (κ1) is 13.3. The average molecular weight is 262 g/mol. The molecule has 0 aliphatic heterocycles. The summed E-state index contributed by atoms with van der Waals surface area (Å²) in [6.07, 6.45) is -2.83. The van der Waals surface area contributed by atoms with E-state index in [4.69, 9.17) is 0 Å². The van der Waals surface area contributed by atoms with Crippen molar-refractivity contribution in [2.45, 2.75) is 38.0 Å². The fraction of sp³-hybridized carbons (Fsp3) is 0.538. The van der Waals surface area contributed by atoms with Gasteiger partial charge in [0.25, 0.3) is 0 Å². The van der Waals surface area contributed by atoms with Gasteiger partial charge in [-0.05, 0) is 42.9 Å². The van der Waals surface area contributed by atoms with E-state index in [2.05, 4.69) is 0 Å². The first-order chi connectivity index (χ1) is 8.29. The van der Waals surface area contributed by atoms with E-state index in [-0.39, 0.29) is 11.5 Å². The van der Waals surface area contributed by atoms with E-state index in [1.165, 1.54) is 6.07 Å². The molecule has 1 aliphatic rings. The van der Waals surface area contributed by atoms with Gasteiger partial charge in [0.2, 0.25) is 0 Å². The Balaban J connectivity index is 2.46. The number of hydrogen-bond acceptors (Lipinski definition) is 1. The molecule has 2 rings (SSSR count). The van der Waals surface area contributed by atoms with Crippen molar-refractivity contribution in [1.29, 1.82) is 0 Å². The van der Waals surface area contributed by atoms with Crippen LogP contribution in [0.3, 0.4) is 0 Å². The third kappa shape index (κ3) is 2.23. The molecule has 0 bridgehead atoms. The maximum Gasteiger partial charge on any atom is 0.419 e.